The normalized spacial score (nSPS) is 12.8. The molecule has 2 aromatic rings. The predicted molar refractivity (Wildman–Crippen MR) is 71.1 cm³/mol. The number of para-hydroxylation sites is 1. The third kappa shape index (κ3) is 2.96. The quantitative estimate of drug-likeness (QED) is 0.832. The Kier molecular flexibility index (Phi) is 3.62. The third-order valence-corrected chi connectivity index (χ3v) is 3.25. The molecule has 0 saturated carbocycles. The zero-order valence-electron chi connectivity index (χ0n) is 10.5. The molecule has 0 fully saturated rings. The SMILES string of the molecule is CCC(CC(C)=O)Cc1cc2ccccc2[nH]1. The van der Waals surface area contributed by atoms with Crippen LogP contribution in [0.15, 0.2) is 30.3 Å². The van der Waals surface area contributed by atoms with Gasteiger partial charge in [-0.15, -0.1) is 0 Å². The van der Waals surface area contributed by atoms with Gasteiger partial charge in [-0.1, -0.05) is 31.5 Å². The molecule has 1 aromatic carbocycles. The van der Waals surface area contributed by atoms with E-state index in [9.17, 15) is 4.79 Å². The minimum absolute atomic E-state index is 0.285. The number of Topliss-reactive ketones (excluding diaryl/α,β-unsaturated/α-hetero) is 1. The summed E-state index contributed by atoms with van der Waals surface area (Å²) in [6.07, 6.45) is 2.70. The Morgan fingerprint density at radius 3 is 2.76 bits per heavy atom. The fourth-order valence-corrected chi connectivity index (χ4v) is 2.32. The highest BCUT2D eigenvalue weighted by Crippen LogP contribution is 2.20. The Bertz CT molecular complexity index is 479. The summed E-state index contributed by atoms with van der Waals surface area (Å²) in [5, 5.41) is 1.25. The maximum atomic E-state index is 11.2. The van der Waals surface area contributed by atoms with Crippen LogP contribution >= 0.6 is 0 Å². The summed E-state index contributed by atoms with van der Waals surface area (Å²) < 4.78 is 0. The van der Waals surface area contributed by atoms with Gasteiger partial charge in [-0.2, -0.15) is 0 Å². The van der Waals surface area contributed by atoms with Gasteiger partial charge >= 0.3 is 0 Å². The summed E-state index contributed by atoms with van der Waals surface area (Å²) >= 11 is 0. The number of rotatable bonds is 5. The van der Waals surface area contributed by atoms with Crippen molar-refractivity contribution in [3.63, 3.8) is 0 Å². The fourth-order valence-electron chi connectivity index (χ4n) is 2.32. The van der Waals surface area contributed by atoms with E-state index in [1.54, 1.807) is 6.92 Å². The first-order chi connectivity index (χ1) is 8.19. The molecule has 1 unspecified atom stereocenters. The highest BCUT2D eigenvalue weighted by Gasteiger charge is 2.11. The Labute approximate surface area is 102 Å². The molecule has 0 spiro atoms. The highest BCUT2D eigenvalue weighted by molar-refractivity contribution is 5.80. The van der Waals surface area contributed by atoms with Crippen LogP contribution in [0, 0.1) is 5.92 Å². The number of fused-ring (bicyclic) bond motifs is 1. The van der Waals surface area contributed by atoms with Gasteiger partial charge < -0.3 is 9.78 Å². The Hall–Kier alpha value is -1.57. The topological polar surface area (TPSA) is 32.9 Å². The van der Waals surface area contributed by atoms with Crippen LogP contribution in [0.5, 0.6) is 0 Å². The molecule has 0 radical (unpaired) electrons. The molecule has 1 N–H and O–H groups in total. The average molecular weight is 229 g/mol. The van der Waals surface area contributed by atoms with Crippen LogP contribution < -0.4 is 0 Å². The van der Waals surface area contributed by atoms with Crippen molar-refractivity contribution in [2.75, 3.05) is 0 Å². The van der Waals surface area contributed by atoms with E-state index in [4.69, 9.17) is 0 Å². The number of hydrogen-bond acceptors (Lipinski definition) is 1. The van der Waals surface area contributed by atoms with Crippen LogP contribution in [0.1, 0.15) is 32.4 Å². The van der Waals surface area contributed by atoms with Crippen LogP contribution in [0.4, 0.5) is 0 Å². The maximum absolute atomic E-state index is 11.2. The molecular formula is C15H19NO. The number of nitrogens with one attached hydrogen (secondary N) is 1. The summed E-state index contributed by atoms with van der Waals surface area (Å²) in [4.78, 5) is 14.6. The molecule has 0 aliphatic carbocycles. The molecule has 1 atom stereocenters. The van der Waals surface area contributed by atoms with E-state index in [0.717, 1.165) is 12.8 Å². The summed E-state index contributed by atoms with van der Waals surface area (Å²) in [6, 6.07) is 10.5. The van der Waals surface area contributed by atoms with Crippen LogP contribution in [0.3, 0.4) is 0 Å². The second kappa shape index (κ2) is 5.17. The second-order valence-corrected chi connectivity index (χ2v) is 4.77. The average Bonchev–Trinajstić information content (AvgIpc) is 2.69. The molecule has 0 amide bonds. The first-order valence-corrected chi connectivity index (χ1v) is 6.25. The Morgan fingerprint density at radius 2 is 2.12 bits per heavy atom. The lowest BCUT2D eigenvalue weighted by Gasteiger charge is -2.11. The van der Waals surface area contributed by atoms with Crippen LogP contribution in [-0.2, 0) is 11.2 Å². The molecule has 90 valence electrons. The molecule has 1 aromatic heterocycles. The second-order valence-electron chi connectivity index (χ2n) is 4.77. The van der Waals surface area contributed by atoms with Crippen molar-refractivity contribution in [1.82, 2.24) is 4.98 Å². The molecule has 0 bridgehead atoms. The largest absolute Gasteiger partial charge is 0.358 e. The van der Waals surface area contributed by atoms with E-state index in [0.29, 0.717) is 12.3 Å². The fraction of sp³-hybridized carbons (Fsp3) is 0.400. The predicted octanol–water partition coefficient (Wildman–Crippen LogP) is 3.72. The number of aromatic amines is 1. The van der Waals surface area contributed by atoms with Crippen LogP contribution in [-0.4, -0.2) is 10.8 Å². The van der Waals surface area contributed by atoms with E-state index in [1.807, 2.05) is 12.1 Å². The number of hydrogen-bond donors (Lipinski definition) is 1. The van der Waals surface area contributed by atoms with Crippen LogP contribution in [0.25, 0.3) is 10.9 Å². The zero-order valence-corrected chi connectivity index (χ0v) is 10.5. The minimum atomic E-state index is 0.285. The van der Waals surface area contributed by atoms with Gasteiger partial charge in [0.25, 0.3) is 0 Å². The molecule has 2 heteroatoms. The third-order valence-electron chi connectivity index (χ3n) is 3.25. The number of aromatic nitrogens is 1. The monoisotopic (exact) mass is 229 g/mol. The van der Waals surface area contributed by atoms with Gasteiger partial charge in [0.15, 0.2) is 0 Å². The Balaban J connectivity index is 2.14. The van der Waals surface area contributed by atoms with Crippen LogP contribution in [0.2, 0.25) is 0 Å². The highest BCUT2D eigenvalue weighted by atomic mass is 16.1. The lowest BCUT2D eigenvalue weighted by atomic mass is 9.95. The van der Waals surface area contributed by atoms with Gasteiger partial charge in [-0.05, 0) is 36.8 Å². The van der Waals surface area contributed by atoms with E-state index in [2.05, 4.69) is 30.1 Å². The van der Waals surface area contributed by atoms with E-state index in [-0.39, 0.29) is 5.78 Å². The van der Waals surface area contributed by atoms with Gasteiger partial charge in [-0.3, -0.25) is 0 Å². The van der Waals surface area contributed by atoms with Crippen molar-refractivity contribution in [3.05, 3.63) is 36.0 Å². The number of ketones is 1. The number of H-pyrrole nitrogens is 1. The molecule has 2 rings (SSSR count). The van der Waals surface area contributed by atoms with Crippen molar-refractivity contribution in [1.29, 1.82) is 0 Å². The van der Waals surface area contributed by atoms with Crippen molar-refractivity contribution in [2.24, 2.45) is 5.92 Å². The van der Waals surface area contributed by atoms with Crippen molar-refractivity contribution in [3.8, 4) is 0 Å². The minimum Gasteiger partial charge on any atom is -0.358 e. The number of carbonyl (C=O) groups is 1. The van der Waals surface area contributed by atoms with E-state index < -0.39 is 0 Å². The first kappa shape index (κ1) is 11.9. The summed E-state index contributed by atoms with van der Waals surface area (Å²) in [5.41, 5.74) is 2.42. The van der Waals surface area contributed by atoms with Gasteiger partial charge in [0, 0.05) is 17.6 Å². The standard InChI is InChI=1S/C15H19NO/c1-3-12(8-11(2)17)9-14-10-13-6-4-5-7-15(13)16-14/h4-7,10,12,16H,3,8-9H2,1-2H3. The lowest BCUT2D eigenvalue weighted by Crippen LogP contribution is -2.08. The number of carbonyl (C=O) groups excluding carboxylic acids is 1. The van der Waals surface area contributed by atoms with Gasteiger partial charge in [0.05, 0.1) is 0 Å². The first-order valence-electron chi connectivity index (χ1n) is 6.25. The molecule has 0 aliphatic rings. The Morgan fingerprint density at radius 1 is 1.35 bits per heavy atom. The molecule has 0 aliphatic heterocycles. The van der Waals surface area contributed by atoms with E-state index >= 15 is 0 Å². The van der Waals surface area contributed by atoms with Crippen molar-refractivity contribution in [2.45, 2.75) is 33.1 Å². The lowest BCUT2D eigenvalue weighted by molar-refractivity contribution is -0.117. The number of benzene rings is 1. The van der Waals surface area contributed by atoms with Gasteiger partial charge in [0.1, 0.15) is 5.78 Å². The van der Waals surface area contributed by atoms with Gasteiger partial charge in [0.2, 0.25) is 0 Å². The molecule has 1 heterocycles. The summed E-state index contributed by atoms with van der Waals surface area (Å²) in [6.45, 7) is 3.82. The summed E-state index contributed by atoms with van der Waals surface area (Å²) in [5.74, 6) is 0.744. The maximum Gasteiger partial charge on any atom is 0.130 e. The smallest absolute Gasteiger partial charge is 0.130 e. The van der Waals surface area contributed by atoms with Crippen molar-refractivity contribution < 1.29 is 4.79 Å². The molecule has 2 nitrogen and oxygen atoms in total. The summed E-state index contributed by atoms with van der Waals surface area (Å²) in [7, 11) is 0. The zero-order chi connectivity index (χ0) is 12.3. The van der Waals surface area contributed by atoms with Crippen molar-refractivity contribution >= 4 is 16.7 Å². The molecular weight excluding hydrogens is 210 g/mol. The molecule has 0 saturated heterocycles. The van der Waals surface area contributed by atoms with Gasteiger partial charge in [-0.25, -0.2) is 0 Å². The van der Waals surface area contributed by atoms with E-state index in [1.165, 1.54) is 16.6 Å². The molecule has 17 heavy (non-hydrogen) atoms.